The highest BCUT2D eigenvalue weighted by atomic mass is 32.2. The molecule has 0 radical (unpaired) electrons. The number of rotatable bonds is 8. The molecule has 1 saturated carbocycles. The van der Waals surface area contributed by atoms with E-state index in [9.17, 15) is 19.6 Å². The van der Waals surface area contributed by atoms with Crippen LogP contribution in [-0.4, -0.2) is 51.4 Å². The normalized spacial score (nSPS) is 20.0. The van der Waals surface area contributed by atoms with E-state index < -0.39 is 0 Å². The number of nitriles is 1. The average Bonchev–Trinajstić information content (AvgIpc) is 3.52. The Bertz CT molecular complexity index is 1230. The molecule has 0 N–H and O–H groups in total. The van der Waals surface area contributed by atoms with E-state index >= 15 is 0 Å². The molecule has 0 bridgehead atoms. The lowest BCUT2D eigenvalue weighted by Crippen LogP contribution is -2.41. The van der Waals surface area contributed by atoms with Crippen molar-refractivity contribution in [2.45, 2.75) is 84.7 Å². The number of thiocarbonyl (C=S) groups is 1. The number of amides is 1. The second-order valence-electron chi connectivity index (χ2n) is 10.2. The van der Waals surface area contributed by atoms with Crippen molar-refractivity contribution in [3.8, 4) is 6.07 Å². The van der Waals surface area contributed by atoms with Crippen LogP contribution in [0.25, 0.3) is 6.08 Å². The minimum Gasteiger partial charge on any atom is -0.466 e. The molecule has 0 aromatic carbocycles. The molecule has 1 amide bonds. The molecule has 0 atom stereocenters. The Labute approximate surface area is 234 Å². The van der Waals surface area contributed by atoms with Crippen LogP contribution in [0, 0.1) is 24.2 Å². The van der Waals surface area contributed by atoms with Crippen molar-refractivity contribution >= 4 is 52.1 Å². The molecule has 3 fully saturated rings. The van der Waals surface area contributed by atoms with E-state index in [-0.39, 0.29) is 35.0 Å². The number of hydrogen-bond acceptors (Lipinski definition) is 8. The molecule has 4 rings (SSSR count). The van der Waals surface area contributed by atoms with E-state index in [0.717, 1.165) is 38.5 Å². The summed E-state index contributed by atoms with van der Waals surface area (Å²) in [6, 6.07) is 2.26. The van der Waals surface area contributed by atoms with Crippen LogP contribution >= 0.6 is 24.0 Å². The minimum absolute atomic E-state index is 0.0944. The van der Waals surface area contributed by atoms with Gasteiger partial charge in [0.05, 0.1) is 17.4 Å². The highest BCUT2D eigenvalue weighted by Gasteiger charge is 2.39. The van der Waals surface area contributed by atoms with Crippen molar-refractivity contribution in [2.24, 2.45) is 5.92 Å². The summed E-state index contributed by atoms with van der Waals surface area (Å²) >= 11 is 6.91. The fourth-order valence-electron chi connectivity index (χ4n) is 5.68. The van der Waals surface area contributed by atoms with Crippen LogP contribution in [0.3, 0.4) is 0 Å². The lowest BCUT2D eigenvalue weighted by atomic mass is 9.95. The monoisotopic (exact) mass is 556 g/mol. The zero-order chi connectivity index (χ0) is 27.4. The maximum atomic E-state index is 13.5. The summed E-state index contributed by atoms with van der Waals surface area (Å²) in [7, 11) is 0. The van der Waals surface area contributed by atoms with E-state index in [1.165, 1.54) is 11.8 Å². The summed E-state index contributed by atoms with van der Waals surface area (Å²) in [6.07, 6.45) is 8.84. The maximum Gasteiger partial charge on any atom is 0.309 e. The van der Waals surface area contributed by atoms with Crippen molar-refractivity contribution in [3.63, 3.8) is 0 Å². The Morgan fingerprint density at radius 1 is 1.18 bits per heavy atom. The molecule has 204 valence electrons. The molecule has 1 aromatic rings. The fraction of sp³-hybridized carbons (Fsp3) is 0.607. The molecule has 3 heterocycles. The average molecular weight is 557 g/mol. The van der Waals surface area contributed by atoms with Crippen LogP contribution in [0.5, 0.6) is 0 Å². The number of ether oxygens (including phenoxy) is 1. The van der Waals surface area contributed by atoms with Crippen molar-refractivity contribution in [1.82, 2.24) is 9.47 Å². The van der Waals surface area contributed by atoms with Crippen LogP contribution < -0.4 is 10.5 Å². The lowest BCUT2D eigenvalue weighted by Gasteiger charge is -2.35. The Kier molecular flexibility index (Phi) is 9.32. The van der Waals surface area contributed by atoms with Gasteiger partial charge in [-0.15, -0.1) is 0 Å². The third-order valence-electron chi connectivity index (χ3n) is 7.78. The van der Waals surface area contributed by atoms with Crippen molar-refractivity contribution < 1.29 is 14.3 Å². The SMILES string of the molecule is CCCCn1c(N2CCC(C(=O)OCC)CC2)c(/C=C2/SC(=S)N(C3CCCC3)C2=O)c(C)c(C#N)c1=O. The van der Waals surface area contributed by atoms with Gasteiger partial charge >= 0.3 is 5.97 Å². The number of esters is 1. The van der Waals surface area contributed by atoms with Gasteiger partial charge in [0, 0.05) is 31.2 Å². The summed E-state index contributed by atoms with van der Waals surface area (Å²) in [5.41, 5.74) is 1.07. The number of thioether (sulfide) groups is 1. The third kappa shape index (κ3) is 5.55. The number of nitrogens with zero attached hydrogens (tertiary/aromatic N) is 4. The summed E-state index contributed by atoms with van der Waals surface area (Å²) in [6.45, 7) is 7.62. The standard InChI is InChI=1S/C28H36N4O4S2/c1-4-6-13-31-24(30-14-11-19(12-15-30)27(35)36-5-2)21(18(3)22(17-29)25(31)33)16-23-26(34)32(28(37)38-23)20-9-7-8-10-20/h16,19-20H,4-15H2,1-3H3/b23-16+. The molecule has 38 heavy (non-hydrogen) atoms. The largest absolute Gasteiger partial charge is 0.466 e. The first-order valence-electron chi connectivity index (χ1n) is 13.7. The Hall–Kier alpha value is -2.64. The maximum absolute atomic E-state index is 13.5. The molecular formula is C28H36N4O4S2. The molecule has 1 aromatic heterocycles. The van der Waals surface area contributed by atoms with Crippen LogP contribution in [0.4, 0.5) is 5.82 Å². The van der Waals surface area contributed by atoms with Crippen molar-refractivity contribution in [2.75, 3.05) is 24.6 Å². The van der Waals surface area contributed by atoms with E-state index in [1.807, 2.05) is 6.08 Å². The van der Waals surface area contributed by atoms with Gasteiger partial charge in [0.15, 0.2) is 0 Å². The summed E-state index contributed by atoms with van der Waals surface area (Å²) in [5.74, 6) is 0.270. The van der Waals surface area contributed by atoms with E-state index in [2.05, 4.69) is 17.9 Å². The zero-order valence-corrected chi connectivity index (χ0v) is 24.1. The predicted molar refractivity (Wildman–Crippen MR) is 154 cm³/mol. The number of hydrogen-bond donors (Lipinski definition) is 0. The Morgan fingerprint density at radius 2 is 1.87 bits per heavy atom. The Morgan fingerprint density at radius 3 is 2.47 bits per heavy atom. The number of aromatic nitrogens is 1. The quantitative estimate of drug-likeness (QED) is 0.257. The van der Waals surface area contributed by atoms with E-state index in [0.29, 0.717) is 65.3 Å². The molecule has 2 aliphatic heterocycles. The van der Waals surface area contributed by atoms with Gasteiger partial charge < -0.3 is 9.64 Å². The summed E-state index contributed by atoms with van der Waals surface area (Å²) < 4.78 is 7.51. The number of piperidine rings is 1. The molecular weight excluding hydrogens is 520 g/mol. The van der Waals surface area contributed by atoms with Gasteiger partial charge in [0.25, 0.3) is 11.5 Å². The zero-order valence-electron chi connectivity index (χ0n) is 22.5. The second kappa shape index (κ2) is 12.5. The van der Waals surface area contributed by atoms with Gasteiger partial charge in [-0.3, -0.25) is 23.9 Å². The Balaban J connectivity index is 1.78. The van der Waals surface area contributed by atoms with Gasteiger partial charge in [0.2, 0.25) is 0 Å². The first-order chi connectivity index (χ1) is 18.3. The fourth-order valence-corrected chi connectivity index (χ4v) is 7.07. The first kappa shape index (κ1) is 28.4. The molecule has 0 unspecified atom stereocenters. The van der Waals surface area contributed by atoms with E-state index in [4.69, 9.17) is 17.0 Å². The smallest absolute Gasteiger partial charge is 0.309 e. The topological polar surface area (TPSA) is 95.6 Å². The van der Waals surface area contributed by atoms with Crippen LogP contribution in [0.2, 0.25) is 0 Å². The number of anilines is 1. The number of unbranched alkanes of at least 4 members (excludes halogenated alkanes) is 1. The number of carbonyl (C=O) groups excluding carboxylic acids is 2. The lowest BCUT2D eigenvalue weighted by molar-refractivity contribution is -0.148. The van der Waals surface area contributed by atoms with Crippen LogP contribution in [-0.2, 0) is 20.9 Å². The first-order valence-corrected chi connectivity index (χ1v) is 14.9. The highest BCUT2D eigenvalue weighted by molar-refractivity contribution is 8.26. The second-order valence-corrected chi connectivity index (χ2v) is 11.8. The molecule has 1 aliphatic carbocycles. The highest BCUT2D eigenvalue weighted by Crippen LogP contribution is 2.40. The van der Waals surface area contributed by atoms with Gasteiger partial charge in [0.1, 0.15) is 21.8 Å². The molecule has 0 spiro atoms. The van der Waals surface area contributed by atoms with Gasteiger partial charge in [-0.05, 0) is 57.6 Å². The van der Waals surface area contributed by atoms with Gasteiger partial charge in [-0.1, -0.05) is 50.2 Å². The number of carbonyl (C=O) groups is 2. The van der Waals surface area contributed by atoms with Crippen molar-refractivity contribution in [1.29, 1.82) is 5.26 Å². The molecule has 10 heteroatoms. The van der Waals surface area contributed by atoms with Gasteiger partial charge in [-0.25, -0.2) is 0 Å². The van der Waals surface area contributed by atoms with Crippen LogP contribution in [0.15, 0.2) is 9.70 Å². The van der Waals surface area contributed by atoms with E-state index in [1.54, 1.807) is 23.3 Å². The number of pyridine rings is 1. The van der Waals surface area contributed by atoms with Crippen molar-refractivity contribution in [3.05, 3.63) is 31.9 Å². The third-order valence-corrected chi connectivity index (χ3v) is 9.12. The molecule has 3 aliphatic rings. The predicted octanol–water partition coefficient (Wildman–Crippen LogP) is 4.75. The van der Waals surface area contributed by atoms with Crippen LogP contribution in [0.1, 0.15) is 81.9 Å². The molecule has 8 nitrogen and oxygen atoms in total. The summed E-state index contributed by atoms with van der Waals surface area (Å²) in [5, 5.41) is 9.91. The minimum atomic E-state index is -0.309. The van der Waals surface area contributed by atoms with Gasteiger partial charge in [-0.2, -0.15) is 5.26 Å². The molecule has 2 saturated heterocycles. The summed E-state index contributed by atoms with van der Waals surface area (Å²) in [4.78, 5) is 43.8.